The fourth-order valence-electron chi connectivity index (χ4n) is 3.17. The number of hydrogen-bond donors (Lipinski definition) is 2. The molecule has 1 amide bonds. The van der Waals surface area contributed by atoms with Crippen LogP contribution in [-0.2, 0) is 17.9 Å². The predicted octanol–water partition coefficient (Wildman–Crippen LogP) is 2.14. The molecule has 4 nitrogen and oxygen atoms in total. The van der Waals surface area contributed by atoms with E-state index in [9.17, 15) is 4.79 Å². The molecule has 1 unspecified atom stereocenters. The van der Waals surface area contributed by atoms with Crippen LogP contribution < -0.4 is 10.6 Å². The van der Waals surface area contributed by atoms with Gasteiger partial charge in [-0.3, -0.25) is 4.79 Å². The Kier molecular flexibility index (Phi) is 5.59. The fourth-order valence-corrected chi connectivity index (χ4v) is 3.17. The lowest BCUT2D eigenvalue weighted by molar-refractivity contribution is -0.126. The molecule has 0 aliphatic carbocycles. The zero-order valence-electron chi connectivity index (χ0n) is 14.3. The highest BCUT2D eigenvalue weighted by atomic mass is 16.2. The first kappa shape index (κ1) is 17.0. The summed E-state index contributed by atoms with van der Waals surface area (Å²) < 4.78 is 0. The smallest absolute Gasteiger partial charge is 0.237 e. The number of benzene rings is 1. The van der Waals surface area contributed by atoms with Crippen molar-refractivity contribution in [1.29, 1.82) is 0 Å². The molecule has 1 atom stereocenters. The second kappa shape index (κ2) is 7.25. The Balaban J connectivity index is 1.99. The summed E-state index contributed by atoms with van der Waals surface area (Å²) in [7, 11) is 4.12. The molecule has 0 aromatic heterocycles. The van der Waals surface area contributed by atoms with Crippen molar-refractivity contribution >= 4 is 5.91 Å². The molecule has 1 saturated heterocycles. The number of carbonyl (C=O) groups is 1. The first-order chi connectivity index (χ1) is 10.4. The van der Waals surface area contributed by atoms with Crippen LogP contribution >= 0.6 is 0 Å². The van der Waals surface area contributed by atoms with Gasteiger partial charge in [0.2, 0.25) is 5.91 Å². The SMILES string of the molecule is CN(C)Cc1ccccc1CNC(=O)C1NCCCC1(C)C. The van der Waals surface area contributed by atoms with E-state index in [1.807, 2.05) is 6.07 Å². The average molecular weight is 303 g/mol. The van der Waals surface area contributed by atoms with Gasteiger partial charge in [0.15, 0.2) is 0 Å². The van der Waals surface area contributed by atoms with Gasteiger partial charge in [-0.1, -0.05) is 38.1 Å². The summed E-state index contributed by atoms with van der Waals surface area (Å²) >= 11 is 0. The van der Waals surface area contributed by atoms with Crippen LogP contribution in [0.3, 0.4) is 0 Å². The van der Waals surface area contributed by atoms with Gasteiger partial charge >= 0.3 is 0 Å². The molecule has 1 aromatic rings. The fraction of sp³-hybridized carbons (Fsp3) is 0.611. The van der Waals surface area contributed by atoms with Gasteiger partial charge in [-0.05, 0) is 50.0 Å². The third-order valence-electron chi connectivity index (χ3n) is 4.45. The highest BCUT2D eigenvalue weighted by Crippen LogP contribution is 2.30. The molecule has 1 fully saturated rings. The molecule has 2 N–H and O–H groups in total. The van der Waals surface area contributed by atoms with Crippen LogP contribution in [0.1, 0.15) is 37.8 Å². The first-order valence-electron chi connectivity index (χ1n) is 8.13. The number of amides is 1. The minimum absolute atomic E-state index is 0.0193. The molecule has 122 valence electrons. The summed E-state index contributed by atoms with van der Waals surface area (Å²) in [4.78, 5) is 14.7. The van der Waals surface area contributed by atoms with Gasteiger partial charge in [0.25, 0.3) is 0 Å². The quantitative estimate of drug-likeness (QED) is 0.876. The normalized spacial score (nSPS) is 20.9. The van der Waals surface area contributed by atoms with Crippen molar-refractivity contribution in [2.24, 2.45) is 5.41 Å². The van der Waals surface area contributed by atoms with Gasteiger partial charge in [-0.15, -0.1) is 0 Å². The number of rotatable bonds is 5. The number of hydrogen-bond acceptors (Lipinski definition) is 3. The second-order valence-corrected chi connectivity index (χ2v) is 7.20. The number of piperidine rings is 1. The molecule has 0 saturated carbocycles. The van der Waals surface area contributed by atoms with Gasteiger partial charge in [0.1, 0.15) is 0 Å². The lowest BCUT2D eigenvalue weighted by atomic mass is 9.77. The standard InChI is InChI=1S/C18H29N3O/c1-18(2)10-7-11-19-16(18)17(22)20-12-14-8-5-6-9-15(14)13-21(3)4/h5-6,8-9,16,19H,7,10-13H2,1-4H3,(H,20,22). The van der Waals surface area contributed by atoms with Crippen molar-refractivity contribution in [2.45, 2.75) is 45.8 Å². The molecule has 4 heteroatoms. The minimum atomic E-state index is -0.0951. The van der Waals surface area contributed by atoms with Gasteiger partial charge in [-0.25, -0.2) is 0 Å². The van der Waals surface area contributed by atoms with Crippen molar-refractivity contribution in [3.05, 3.63) is 35.4 Å². The van der Waals surface area contributed by atoms with Crippen LogP contribution in [0.25, 0.3) is 0 Å². The molecule has 1 aromatic carbocycles. The lowest BCUT2D eigenvalue weighted by Crippen LogP contribution is -2.55. The van der Waals surface area contributed by atoms with E-state index in [4.69, 9.17) is 0 Å². The molecule has 2 rings (SSSR count). The summed E-state index contributed by atoms with van der Waals surface area (Å²) in [5.41, 5.74) is 2.48. The second-order valence-electron chi connectivity index (χ2n) is 7.20. The molecule has 1 heterocycles. The Morgan fingerprint density at radius 3 is 2.64 bits per heavy atom. The molecule has 22 heavy (non-hydrogen) atoms. The zero-order valence-corrected chi connectivity index (χ0v) is 14.3. The topological polar surface area (TPSA) is 44.4 Å². The Bertz CT molecular complexity index is 511. The number of nitrogens with zero attached hydrogens (tertiary/aromatic N) is 1. The summed E-state index contributed by atoms with van der Waals surface area (Å²) in [6.45, 7) is 6.75. The summed E-state index contributed by atoms with van der Waals surface area (Å²) in [5.74, 6) is 0.115. The van der Waals surface area contributed by atoms with Gasteiger partial charge in [-0.2, -0.15) is 0 Å². The number of nitrogens with one attached hydrogen (secondary N) is 2. The van der Waals surface area contributed by atoms with Crippen molar-refractivity contribution in [2.75, 3.05) is 20.6 Å². The van der Waals surface area contributed by atoms with E-state index in [-0.39, 0.29) is 17.4 Å². The molecule has 1 aliphatic rings. The molecule has 0 spiro atoms. The molecule has 0 radical (unpaired) electrons. The van der Waals surface area contributed by atoms with Gasteiger partial charge in [0, 0.05) is 13.1 Å². The van der Waals surface area contributed by atoms with E-state index in [1.165, 1.54) is 11.1 Å². The average Bonchev–Trinajstić information content (AvgIpc) is 2.45. The minimum Gasteiger partial charge on any atom is -0.351 e. The third-order valence-corrected chi connectivity index (χ3v) is 4.45. The van der Waals surface area contributed by atoms with E-state index in [0.29, 0.717) is 6.54 Å². The summed E-state index contributed by atoms with van der Waals surface area (Å²) in [6.07, 6.45) is 2.23. The van der Waals surface area contributed by atoms with Crippen LogP contribution in [0, 0.1) is 5.41 Å². The monoisotopic (exact) mass is 303 g/mol. The van der Waals surface area contributed by atoms with E-state index in [1.54, 1.807) is 0 Å². The zero-order chi connectivity index (χ0) is 16.2. The predicted molar refractivity (Wildman–Crippen MR) is 90.5 cm³/mol. The summed E-state index contributed by atoms with van der Waals surface area (Å²) in [5, 5.41) is 6.49. The molecular formula is C18H29N3O. The van der Waals surface area contributed by atoms with Crippen LogP contribution in [0.5, 0.6) is 0 Å². The Morgan fingerprint density at radius 2 is 2.00 bits per heavy atom. The Hall–Kier alpha value is -1.39. The summed E-state index contributed by atoms with van der Waals surface area (Å²) in [6, 6.07) is 8.21. The van der Waals surface area contributed by atoms with Crippen LogP contribution in [-0.4, -0.2) is 37.5 Å². The Morgan fingerprint density at radius 1 is 1.32 bits per heavy atom. The van der Waals surface area contributed by atoms with Crippen molar-refractivity contribution < 1.29 is 4.79 Å². The van der Waals surface area contributed by atoms with Crippen molar-refractivity contribution in [3.63, 3.8) is 0 Å². The maximum atomic E-state index is 12.5. The maximum Gasteiger partial charge on any atom is 0.237 e. The van der Waals surface area contributed by atoms with Crippen LogP contribution in [0.4, 0.5) is 0 Å². The first-order valence-corrected chi connectivity index (χ1v) is 8.13. The maximum absolute atomic E-state index is 12.5. The number of carbonyl (C=O) groups excluding carboxylic acids is 1. The molecular weight excluding hydrogens is 274 g/mol. The third kappa shape index (κ3) is 4.31. The van der Waals surface area contributed by atoms with Gasteiger partial charge < -0.3 is 15.5 Å². The molecule has 0 bridgehead atoms. The highest BCUT2D eigenvalue weighted by molar-refractivity contribution is 5.82. The van der Waals surface area contributed by atoms with E-state index in [0.717, 1.165) is 25.9 Å². The van der Waals surface area contributed by atoms with E-state index >= 15 is 0 Å². The molecule has 1 aliphatic heterocycles. The lowest BCUT2D eigenvalue weighted by Gasteiger charge is -2.38. The largest absolute Gasteiger partial charge is 0.351 e. The van der Waals surface area contributed by atoms with Crippen LogP contribution in [0.2, 0.25) is 0 Å². The van der Waals surface area contributed by atoms with E-state index < -0.39 is 0 Å². The van der Waals surface area contributed by atoms with Crippen molar-refractivity contribution in [1.82, 2.24) is 15.5 Å². The van der Waals surface area contributed by atoms with Gasteiger partial charge in [0.05, 0.1) is 6.04 Å². The van der Waals surface area contributed by atoms with E-state index in [2.05, 4.69) is 61.7 Å². The van der Waals surface area contributed by atoms with Crippen molar-refractivity contribution in [3.8, 4) is 0 Å². The van der Waals surface area contributed by atoms with Crippen LogP contribution in [0.15, 0.2) is 24.3 Å². The Labute approximate surface area is 134 Å². The highest BCUT2D eigenvalue weighted by Gasteiger charge is 2.36.